The summed E-state index contributed by atoms with van der Waals surface area (Å²) in [6.07, 6.45) is 3.41. The third-order valence-corrected chi connectivity index (χ3v) is 4.97. The van der Waals surface area contributed by atoms with Crippen molar-refractivity contribution in [3.05, 3.63) is 82.7 Å². The molecule has 2 aromatic heterocycles. The van der Waals surface area contributed by atoms with Gasteiger partial charge in [-0.25, -0.2) is 9.67 Å². The molecular formula is C21H15N3O3S. The lowest BCUT2D eigenvalue weighted by atomic mass is 10.2. The fourth-order valence-electron chi connectivity index (χ4n) is 2.81. The number of para-hydroxylation sites is 1. The lowest BCUT2D eigenvalue weighted by Crippen LogP contribution is -2.11. The van der Waals surface area contributed by atoms with Crippen molar-refractivity contribution < 1.29 is 13.9 Å². The molecule has 28 heavy (non-hydrogen) atoms. The molecule has 1 aliphatic rings. The second-order valence-electron chi connectivity index (χ2n) is 6.00. The van der Waals surface area contributed by atoms with Crippen LogP contribution >= 0.6 is 11.3 Å². The molecule has 0 bridgehead atoms. The minimum Gasteiger partial charge on any atom is -0.463 e. The highest BCUT2D eigenvalue weighted by Crippen LogP contribution is 2.32. The first-order valence-corrected chi connectivity index (χ1v) is 9.53. The van der Waals surface area contributed by atoms with Gasteiger partial charge in [0.2, 0.25) is 11.6 Å². The number of furan rings is 1. The molecule has 0 aliphatic carbocycles. The standard InChI is InChI=1S/C21H15N3O3S/c1-2-5-16(6-3-1)23-21-24(17(13-28-21)18-7-4-10-25-18)22-12-15-8-9-19-20(11-15)27-14-26-19/h1-13H,14H2. The monoisotopic (exact) mass is 389 g/mol. The van der Waals surface area contributed by atoms with Crippen molar-refractivity contribution in [2.75, 3.05) is 6.79 Å². The third kappa shape index (κ3) is 3.23. The Morgan fingerprint density at radius 2 is 1.86 bits per heavy atom. The summed E-state index contributed by atoms with van der Waals surface area (Å²) in [5.74, 6) is 2.20. The van der Waals surface area contributed by atoms with Gasteiger partial charge in [0.1, 0.15) is 5.69 Å². The van der Waals surface area contributed by atoms with Gasteiger partial charge in [0.15, 0.2) is 17.3 Å². The molecule has 0 spiro atoms. The smallest absolute Gasteiger partial charge is 0.231 e. The van der Waals surface area contributed by atoms with Gasteiger partial charge in [0.05, 0.1) is 18.2 Å². The second-order valence-corrected chi connectivity index (χ2v) is 6.83. The van der Waals surface area contributed by atoms with E-state index in [0.29, 0.717) is 0 Å². The number of benzene rings is 2. The fourth-order valence-corrected chi connectivity index (χ4v) is 3.65. The summed E-state index contributed by atoms with van der Waals surface area (Å²) in [5.41, 5.74) is 2.60. The predicted molar refractivity (Wildman–Crippen MR) is 107 cm³/mol. The van der Waals surface area contributed by atoms with Crippen LogP contribution in [0.25, 0.3) is 11.5 Å². The molecule has 0 N–H and O–H groups in total. The molecule has 0 unspecified atom stereocenters. The Bertz CT molecular complexity index is 1190. The van der Waals surface area contributed by atoms with Crippen LogP contribution in [0.4, 0.5) is 5.69 Å². The van der Waals surface area contributed by atoms with E-state index in [1.807, 2.05) is 66.0 Å². The van der Waals surface area contributed by atoms with Crippen LogP contribution in [0.1, 0.15) is 5.56 Å². The van der Waals surface area contributed by atoms with Crippen LogP contribution in [0.5, 0.6) is 11.5 Å². The Labute approximate surface area is 164 Å². The highest BCUT2D eigenvalue weighted by Gasteiger charge is 2.13. The van der Waals surface area contributed by atoms with Gasteiger partial charge in [0.25, 0.3) is 0 Å². The topological polar surface area (TPSA) is 61.2 Å². The normalized spacial score (nSPS) is 13.5. The summed E-state index contributed by atoms with van der Waals surface area (Å²) in [6.45, 7) is 0.248. The minimum absolute atomic E-state index is 0.248. The molecule has 4 aromatic rings. The molecule has 3 heterocycles. The minimum atomic E-state index is 0.248. The molecule has 0 saturated carbocycles. The molecule has 0 atom stereocenters. The van der Waals surface area contributed by atoms with Gasteiger partial charge in [-0.3, -0.25) is 0 Å². The number of fused-ring (bicyclic) bond motifs is 1. The summed E-state index contributed by atoms with van der Waals surface area (Å²) in [4.78, 5) is 5.47. The zero-order chi connectivity index (χ0) is 18.8. The van der Waals surface area contributed by atoms with E-state index in [-0.39, 0.29) is 6.79 Å². The number of hydrogen-bond donors (Lipinski definition) is 0. The number of rotatable bonds is 4. The summed E-state index contributed by atoms with van der Waals surface area (Å²) < 4.78 is 18.1. The Morgan fingerprint density at radius 1 is 0.964 bits per heavy atom. The van der Waals surface area contributed by atoms with Crippen molar-refractivity contribution in [3.8, 4) is 23.0 Å². The van der Waals surface area contributed by atoms with E-state index in [0.717, 1.165) is 39.0 Å². The Morgan fingerprint density at radius 3 is 2.71 bits per heavy atom. The summed E-state index contributed by atoms with van der Waals surface area (Å²) in [7, 11) is 0. The number of aromatic nitrogens is 1. The van der Waals surface area contributed by atoms with Crippen molar-refractivity contribution in [2.45, 2.75) is 0 Å². The second kappa shape index (κ2) is 7.21. The average Bonchev–Trinajstić information content (AvgIpc) is 3.47. The maximum atomic E-state index is 5.57. The van der Waals surface area contributed by atoms with Gasteiger partial charge >= 0.3 is 0 Å². The third-order valence-electron chi connectivity index (χ3n) is 4.16. The molecule has 7 heteroatoms. The first-order chi connectivity index (χ1) is 13.9. The molecule has 2 aromatic carbocycles. The molecule has 0 radical (unpaired) electrons. The van der Waals surface area contributed by atoms with Crippen LogP contribution in [-0.2, 0) is 0 Å². The summed E-state index contributed by atoms with van der Waals surface area (Å²) in [6, 6.07) is 19.3. The lowest BCUT2D eigenvalue weighted by molar-refractivity contribution is 0.174. The lowest BCUT2D eigenvalue weighted by Gasteiger charge is -2.01. The largest absolute Gasteiger partial charge is 0.463 e. The van der Waals surface area contributed by atoms with Crippen molar-refractivity contribution in [1.29, 1.82) is 0 Å². The number of hydrogen-bond acceptors (Lipinski definition) is 6. The van der Waals surface area contributed by atoms with Crippen LogP contribution in [0.2, 0.25) is 0 Å². The van der Waals surface area contributed by atoms with E-state index in [9.17, 15) is 0 Å². The van der Waals surface area contributed by atoms with Crippen molar-refractivity contribution in [1.82, 2.24) is 4.68 Å². The van der Waals surface area contributed by atoms with Gasteiger partial charge in [-0.2, -0.15) is 5.10 Å². The molecule has 1 aliphatic heterocycles. The highest BCUT2D eigenvalue weighted by atomic mass is 32.1. The van der Waals surface area contributed by atoms with E-state index in [4.69, 9.17) is 18.9 Å². The average molecular weight is 389 g/mol. The maximum absolute atomic E-state index is 5.57. The first-order valence-electron chi connectivity index (χ1n) is 8.65. The van der Waals surface area contributed by atoms with E-state index in [1.165, 1.54) is 11.3 Å². The Hall–Kier alpha value is -3.58. The molecule has 0 saturated heterocycles. The van der Waals surface area contributed by atoms with Gasteiger partial charge in [-0.1, -0.05) is 18.2 Å². The first kappa shape index (κ1) is 16.6. The van der Waals surface area contributed by atoms with Crippen LogP contribution in [-0.4, -0.2) is 17.7 Å². The van der Waals surface area contributed by atoms with Gasteiger partial charge in [-0.15, -0.1) is 11.3 Å². The number of ether oxygens (including phenoxy) is 2. The number of nitrogens with zero attached hydrogens (tertiary/aromatic N) is 3. The van der Waals surface area contributed by atoms with Crippen LogP contribution in [0.3, 0.4) is 0 Å². The maximum Gasteiger partial charge on any atom is 0.231 e. The Balaban J connectivity index is 1.58. The zero-order valence-corrected chi connectivity index (χ0v) is 15.5. The SMILES string of the molecule is C(=Nn1c(-c2ccco2)csc1=Nc1ccccc1)c1ccc2c(c1)OCO2. The van der Waals surface area contributed by atoms with Crippen molar-refractivity contribution >= 4 is 23.2 Å². The van der Waals surface area contributed by atoms with Crippen molar-refractivity contribution in [2.24, 2.45) is 10.1 Å². The van der Waals surface area contributed by atoms with E-state index >= 15 is 0 Å². The highest BCUT2D eigenvalue weighted by molar-refractivity contribution is 7.07. The van der Waals surface area contributed by atoms with E-state index < -0.39 is 0 Å². The molecule has 5 rings (SSSR count). The van der Waals surface area contributed by atoms with Crippen LogP contribution < -0.4 is 14.3 Å². The summed E-state index contributed by atoms with van der Waals surface area (Å²) >= 11 is 1.50. The quantitative estimate of drug-likeness (QED) is 0.477. The molecular weight excluding hydrogens is 374 g/mol. The molecule has 0 amide bonds. The van der Waals surface area contributed by atoms with Gasteiger partial charge in [-0.05, 0) is 48.0 Å². The van der Waals surface area contributed by atoms with Crippen LogP contribution in [0.15, 0.2) is 86.8 Å². The molecule has 6 nitrogen and oxygen atoms in total. The van der Waals surface area contributed by atoms with Crippen LogP contribution in [0, 0.1) is 0 Å². The van der Waals surface area contributed by atoms with E-state index in [2.05, 4.69) is 5.10 Å². The number of thiazole rings is 1. The van der Waals surface area contributed by atoms with Gasteiger partial charge in [0, 0.05) is 5.38 Å². The fraction of sp³-hybridized carbons (Fsp3) is 0.0476. The molecule has 0 fully saturated rings. The zero-order valence-electron chi connectivity index (χ0n) is 14.7. The van der Waals surface area contributed by atoms with Crippen molar-refractivity contribution in [3.63, 3.8) is 0 Å². The van der Waals surface area contributed by atoms with Gasteiger partial charge < -0.3 is 13.9 Å². The van der Waals surface area contributed by atoms with E-state index in [1.54, 1.807) is 17.2 Å². The Kier molecular flexibility index (Phi) is 4.27. The molecule has 138 valence electrons. The predicted octanol–water partition coefficient (Wildman–Crippen LogP) is 4.65. The summed E-state index contributed by atoms with van der Waals surface area (Å²) in [5, 5.41) is 6.65.